The van der Waals surface area contributed by atoms with Crippen LogP contribution in [0.1, 0.15) is 11.1 Å². The number of fused-ring (bicyclic) bond motifs is 1. The third kappa shape index (κ3) is 6.69. The van der Waals surface area contributed by atoms with Crippen molar-refractivity contribution in [1.82, 2.24) is 14.9 Å². The van der Waals surface area contributed by atoms with Crippen molar-refractivity contribution in [1.29, 1.82) is 0 Å². The van der Waals surface area contributed by atoms with E-state index in [1.807, 2.05) is 38.2 Å². The number of sulfonamides is 1. The maximum absolute atomic E-state index is 12.4. The zero-order valence-electron chi connectivity index (χ0n) is 24.2. The van der Waals surface area contributed by atoms with Crippen LogP contribution in [0.2, 0.25) is 5.02 Å². The van der Waals surface area contributed by atoms with Gasteiger partial charge < -0.3 is 30.9 Å². The average Bonchev–Trinajstić information content (AvgIpc) is 3.39. The van der Waals surface area contributed by atoms with Crippen molar-refractivity contribution in [2.45, 2.75) is 6.42 Å². The fourth-order valence-corrected chi connectivity index (χ4v) is 5.72. The summed E-state index contributed by atoms with van der Waals surface area (Å²) in [4.78, 5) is 25.0. The molecule has 0 atom stereocenters. The topological polar surface area (TPSA) is 146 Å². The molecule has 0 aliphatic carbocycles. The molecule has 4 N–H and O–H groups in total. The number of likely N-dealkylation sites (N-methyl/N-ethyl adjacent to an activating group) is 2. The minimum atomic E-state index is -3.48. The summed E-state index contributed by atoms with van der Waals surface area (Å²) in [5.41, 5.74) is 9.48. The number of halogens is 1. The monoisotopic (exact) mass is 614 g/mol. The predicted octanol–water partition coefficient (Wildman–Crippen LogP) is 3.44. The van der Waals surface area contributed by atoms with Gasteiger partial charge in [0.05, 0.1) is 36.6 Å². The number of hydrogen-bond acceptors (Lipinski definition) is 10. The lowest BCUT2D eigenvalue weighted by atomic mass is 10.0. The second kappa shape index (κ2) is 12.4. The molecule has 2 aromatic carbocycles. The van der Waals surface area contributed by atoms with E-state index in [9.17, 15) is 13.2 Å². The number of anilines is 6. The van der Waals surface area contributed by atoms with Gasteiger partial charge in [-0.1, -0.05) is 30.3 Å². The fourth-order valence-electron chi connectivity index (χ4n) is 4.61. The van der Waals surface area contributed by atoms with Gasteiger partial charge in [-0.05, 0) is 38.2 Å². The molecule has 1 aromatic heterocycles. The first kappa shape index (κ1) is 30.9. The van der Waals surface area contributed by atoms with Crippen molar-refractivity contribution in [3.8, 4) is 5.75 Å². The summed E-state index contributed by atoms with van der Waals surface area (Å²) in [7, 11) is 3.93. The summed E-state index contributed by atoms with van der Waals surface area (Å²) >= 11 is 6.45. The highest BCUT2D eigenvalue weighted by Crippen LogP contribution is 2.40. The second-order valence-corrected chi connectivity index (χ2v) is 12.5. The highest BCUT2D eigenvalue weighted by Gasteiger charge is 2.29. The van der Waals surface area contributed by atoms with E-state index in [0.717, 1.165) is 17.8 Å². The average molecular weight is 615 g/mol. The van der Waals surface area contributed by atoms with Crippen LogP contribution >= 0.6 is 11.6 Å². The molecule has 2 heterocycles. The van der Waals surface area contributed by atoms with Gasteiger partial charge in [-0.3, -0.25) is 9.10 Å². The highest BCUT2D eigenvalue weighted by molar-refractivity contribution is 7.92. The van der Waals surface area contributed by atoms with Crippen LogP contribution in [0.15, 0.2) is 43.1 Å². The van der Waals surface area contributed by atoms with Gasteiger partial charge in [0.1, 0.15) is 10.8 Å². The van der Waals surface area contributed by atoms with E-state index in [4.69, 9.17) is 22.1 Å². The fraction of sp³-hybridized carbons (Fsp3) is 0.321. The number of rotatable bonds is 12. The SMILES string of the molecule is C=C(C(N)=O)c1cc(Nc2ncc(Cl)c(Nc3cccc4c3N(S(C)(=O)=O)CC4)n2)c(OC)cc1N(C)CCN(C)C. The minimum absolute atomic E-state index is 0.139. The Morgan fingerprint density at radius 1 is 1.19 bits per heavy atom. The van der Waals surface area contributed by atoms with Crippen LogP contribution in [0.3, 0.4) is 0 Å². The zero-order valence-corrected chi connectivity index (χ0v) is 25.8. The van der Waals surface area contributed by atoms with Crippen molar-refractivity contribution in [2.24, 2.45) is 5.73 Å². The van der Waals surface area contributed by atoms with Gasteiger partial charge in [-0.15, -0.1) is 0 Å². The number of para-hydroxylation sites is 1. The van der Waals surface area contributed by atoms with E-state index in [1.165, 1.54) is 23.9 Å². The van der Waals surface area contributed by atoms with Gasteiger partial charge in [-0.2, -0.15) is 4.98 Å². The molecule has 12 nitrogen and oxygen atoms in total. The maximum Gasteiger partial charge on any atom is 0.248 e. The minimum Gasteiger partial charge on any atom is -0.494 e. The van der Waals surface area contributed by atoms with E-state index >= 15 is 0 Å². The van der Waals surface area contributed by atoms with Crippen molar-refractivity contribution in [3.63, 3.8) is 0 Å². The molecule has 3 aromatic rings. The number of carbonyl (C=O) groups excluding carboxylic acids is 1. The molecule has 1 aliphatic heterocycles. The molecule has 224 valence electrons. The number of ether oxygens (including phenoxy) is 1. The van der Waals surface area contributed by atoms with Gasteiger partial charge in [0.15, 0.2) is 5.82 Å². The number of hydrogen-bond donors (Lipinski definition) is 3. The van der Waals surface area contributed by atoms with Crippen LogP contribution in [-0.2, 0) is 21.2 Å². The number of primary amides is 1. The number of nitrogens with one attached hydrogen (secondary N) is 2. The molecule has 42 heavy (non-hydrogen) atoms. The molecule has 0 saturated heterocycles. The standard InChI is InChI=1S/C28H35ClN8O4S/c1-17(26(30)38)19-14-22(24(41-5)15-23(19)36(4)13-12-35(2)3)33-28-31-16-20(29)27(34-28)32-21-9-7-8-18-10-11-37(25(18)21)42(6,39)40/h7-9,14-16H,1,10-13H2,2-6H3,(H2,30,38)(H2,31,32,33,34). The molecule has 1 amide bonds. The van der Waals surface area contributed by atoms with Gasteiger partial charge in [0, 0.05) is 49.6 Å². The summed E-state index contributed by atoms with van der Waals surface area (Å²) in [6.07, 6.45) is 3.20. The van der Waals surface area contributed by atoms with E-state index in [1.54, 1.807) is 18.2 Å². The molecule has 0 bridgehead atoms. The molecular weight excluding hydrogens is 580 g/mol. The number of nitrogens with two attached hydrogens (primary N) is 1. The summed E-state index contributed by atoms with van der Waals surface area (Å²) in [6, 6.07) is 9.02. The zero-order chi connectivity index (χ0) is 30.8. The van der Waals surface area contributed by atoms with Crippen molar-refractivity contribution >= 4 is 67.6 Å². The van der Waals surface area contributed by atoms with Gasteiger partial charge in [0.2, 0.25) is 21.9 Å². The highest BCUT2D eigenvalue weighted by atomic mass is 35.5. The maximum atomic E-state index is 12.4. The second-order valence-electron chi connectivity index (χ2n) is 10.2. The lowest BCUT2D eigenvalue weighted by Gasteiger charge is -2.26. The van der Waals surface area contributed by atoms with Crippen LogP contribution in [0, 0.1) is 0 Å². The van der Waals surface area contributed by atoms with Crippen LogP contribution in [0.5, 0.6) is 5.75 Å². The van der Waals surface area contributed by atoms with E-state index < -0.39 is 15.9 Å². The Morgan fingerprint density at radius 3 is 2.57 bits per heavy atom. The molecule has 0 saturated carbocycles. The Morgan fingerprint density at radius 2 is 1.93 bits per heavy atom. The Bertz CT molecular complexity index is 1630. The van der Waals surface area contributed by atoms with Crippen molar-refractivity contribution in [2.75, 3.05) is 74.0 Å². The smallest absolute Gasteiger partial charge is 0.248 e. The third-order valence-corrected chi connectivity index (χ3v) is 8.27. The van der Waals surface area contributed by atoms with Gasteiger partial charge >= 0.3 is 0 Å². The molecule has 0 spiro atoms. The normalized spacial score (nSPS) is 12.7. The molecule has 4 rings (SSSR count). The predicted molar refractivity (Wildman–Crippen MR) is 169 cm³/mol. The van der Waals surface area contributed by atoms with E-state index in [0.29, 0.717) is 47.9 Å². The quantitative estimate of drug-likeness (QED) is 0.259. The number of carbonyl (C=O) groups is 1. The molecular formula is C28H35ClN8O4S. The number of nitrogens with zero attached hydrogens (tertiary/aromatic N) is 5. The molecule has 1 aliphatic rings. The number of aromatic nitrogens is 2. The molecule has 0 radical (unpaired) electrons. The molecule has 0 unspecified atom stereocenters. The number of benzene rings is 2. The largest absolute Gasteiger partial charge is 0.494 e. The van der Waals surface area contributed by atoms with Crippen LogP contribution in [0.25, 0.3) is 5.57 Å². The van der Waals surface area contributed by atoms with E-state index in [-0.39, 0.29) is 22.4 Å². The summed E-state index contributed by atoms with van der Waals surface area (Å²) in [6.45, 7) is 5.72. The Hall–Kier alpha value is -4.07. The first-order chi connectivity index (χ1) is 19.8. The Kier molecular flexibility index (Phi) is 9.14. The summed E-state index contributed by atoms with van der Waals surface area (Å²) in [5, 5.41) is 6.55. The Balaban J connectivity index is 1.70. The van der Waals surface area contributed by atoms with Crippen molar-refractivity contribution < 1.29 is 17.9 Å². The third-order valence-electron chi connectivity index (χ3n) is 6.83. The van der Waals surface area contributed by atoms with Crippen molar-refractivity contribution in [3.05, 3.63) is 59.3 Å². The first-order valence-electron chi connectivity index (χ1n) is 13.0. The lowest BCUT2D eigenvalue weighted by molar-refractivity contribution is -0.112. The van der Waals surface area contributed by atoms with Crippen LogP contribution < -0.4 is 30.3 Å². The van der Waals surface area contributed by atoms with Gasteiger partial charge in [0.25, 0.3) is 0 Å². The van der Waals surface area contributed by atoms with E-state index in [2.05, 4.69) is 32.1 Å². The molecule has 0 fully saturated rings. The van der Waals surface area contributed by atoms with Crippen LogP contribution in [-0.4, -0.2) is 83.3 Å². The lowest BCUT2D eigenvalue weighted by Crippen LogP contribution is -2.29. The van der Waals surface area contributed by atoms with Crippen LogP contribution in [0.4, 0.5) is 34.5 Å². The first-order valence-corrected chi connectivity index (χ1v) is 15.3. The number of methoxy groups -OCH3 is 1. The summed E-state index contributed by atoms with van der Waals surface area (Å²) in [5.74, 6) is 0.266. The Labute approximate surface area is 251 Å². The van der Waals surface area contributed by atoms with Gasteiger partial charge in [-0.25, -0.2) is 13.4 Å². The summed E-state index contributed by atoms with van der Waals surface area (Å²) < 4.78 is 31.9. The number of amides is 1. The molecule has 14 heteroatoms.